The van der Waals surface area contributed by atoms with Crippen LogP contribution >= 0.6 is 0 Å². The summed E-state index contributed by atoms with van der Waals surface area (Å²) in [6.45, 7) is 3.63. The average Bonchev–Trinajstić information content (AvgIpc) is 2.49. The number of aryl methyl sites for hydroxylation is 2. The van der Waals surface area contributed by atoms with Crippen LogP contribution in [-0.2, 0) is 6.42 Å². The van der Waals surface area contributed by atoms with E-state index in [0.29, 0.717) is 17.8 Å². The number of fused-ring (bicyclic) bond motifs is 1. The first-order valence-corrected chi connectivity index (χ1v) is 7.12. The number of aliphatic hydroxyl groups is 1. The van der Waals surface area contributed by atoms with E-state index in [1.54, 1.807) is 13.8 Å². The van der Waals surface area contributed by atoms with E-state index in [9.17, 15) is 14.7 Å². The number of rotatable bonds is 1. The molecule has 6 nitrogen and oxygen atoms in total. The van der Waals surface area contributed by atoms with Gasteiger partial charge in [0.2, 0.25) is 0 Å². The Bertz CT molecular complexity index is 797. The van der Waals surface area contributed by atoms with Crippen LogP contribution in [-0.4, -0.2) is 33.6 Å². The Balaban J connectivity index is 2.07. The molecular formula is C16H17N3O3. The molecule has 1 unspecified atom stereocenters. The molecule has 2 aromatic rings. The van der Waals surface area contributed by atoms with Crippen molar-refractivity contribution >= 4 is 11.6 Å². The van der Waals surface area contributed by atoms with E-state index in [0.717, 1.165) is 11.3 Å². The van der Waals surface area contributed by atoms with Gasteiger partial charge in [0.05, 0.1) is 18.3 Å². The molecule has 0 fully saturated rings. The first-order chi connectivity index (χ1) is 10.5. The maximum atomic E-state index is 12.7. The van der Waals surface area contributed by atoms with Crippen LogP contribution in [0.15, 0.2) is 29.1 Å². The van der Waals surface area contributed by atoms with Crippen LogP contribution in [0.5, 0.6) is 0 Å². The molecule has 3 rings (SSSR count). The number of hydrogen-bond acceptors (Lipinski definition) is 4. The first kappa shape index (κ1) is 14.5. The molecule has 1 aliphatic heterocycles. The molecule has 1 aliphatic rings. The number of nitrogens with zero attached hydrogens (tertiary/aromatic N) is 2. The molecule has 0 saturated carbocycles. The molecule has 0 radical (unpaired) electrons. The maximum Gasteiger partial charge on any atom is 0.282 e. The molecule has 22 heavy (non-hydrogen) atoms. The molecule has 1 aromatic carbocycles. The molecule has 2 heterocycles. The summed E-state index contributed by atoms with van der Waals surface area (Å²) in [5.74, 6) is -0.490. The van der Waals surface area contributed by atoms with Crippen molar-refractivity contribution in [3.63, 3.8) is 0 Å². The Labute approximate surface area is 127 Å². The van der Waals surface area contributed by atoms with E-state index in [1.165, 1.54) is 4.90 Å². The van der Waals surface area contributed by atoms with Crippen LogP contribution in [0, 0.1) is 13.8 Å². The molecule has 0 spiro atoms. The lowest BCUT2D eigenvalue weighted by molar-refractivity contribution is 0.0948. The number of aromatic amines is 1. The Hall–Kier alpha value is -2.47. The highest BCUT2D eigenvalue weighted by Crippen LogP contribution is 2.27. The van der Waals surface area contributed by atoms with Gasteiger partial charge in [-0.25, -0.2) is 4.98 Å². The molecule has 0 bridgehead atoms. The molecule has 0 aliphatic carbocycles. The van der Waals surface area contributed by atoms with Crippen LogP contribution in [0.25, 0.3) is 0 Å². The summed E-state index contributed by atoms with van der Waals surface area (Å²) in [6, 6.07) is 7.37. The molecule has 6 heteroatoms. The standard InChI is InChI=1S/C16H17N3O3/c1-9-10(2)18-15(21)14(17-9)16(22)19-8-12(20)7-11-5-3-4-6-13(11)19/h3-6,12,20H,7-8H2,1-2H3,(H,18,21). The number of para-hydroxylation sites is 1. The van der Waals surface area contributed by atoms with Gasteiger partial charge in [-0.2, -0.15) is 0 Å². The Morgan fingerprint density at radius 2 is 2.09 bits per heavy atom. The van der Waals surface area contributed by atoms with Gasteiger partial charge in [-0.05, 0) is 25.5 Å². The number of carbonyl (C=O) groups is 1. The van der Waals surface area contributed by atoms with Gasteiger partial charge in [0.15, 0.2) is 5.69 Å². The predicted octanol–water partition coefficient (Wildman–Crippen LogP) is 0.951. The zero-order valence-corrected chi connectivity index (χ0v) is 12.5. The van der Waals surface area contributed by atoms with Gasteiger partial charge in [-0.1, -0.05) is 18.2 Å². The van der Waals surface area contributed by atoms with Crippen molar-refractivity contribution in [2.24, 2.45) is 0 Å². The number of nitrogens with one attached hydrogen (secondary N) is 1. The summed E-state index contributed by atoms with van der Waals surface area (Å²) >= 11 is 0. The van der Waals surface area contributed by atoms with Crippen molar-refractivity contribution in [2.75, 3.05) is 11.4 Å². The number of aliphatic hydroxyl groups excluding tert-OH is 1. The third-order valence-corrected chi connectivity index (χ3v) is 3.92. The largest absolute Gasteiger partial charge is 0.391 e. The number of amides is 1. The Morgan fingerprint density at radius 3 is 2.86 bits per heavy atom. The maximum absolute atomic E-state index is 12.7. The van der Waals surface area contributed by atoms with Crippen molar-refractivity contribution in [1.29, 1.82) is 0 Å². The van der Waals surface area contributed by atoms with Crippen LogP contribution in [0.3, 0.4) is 0 Å². The third kappa shape index (κ3) is 2.42. The quantitative estimate of drug-likeness (QED) is 0.821. The summed E-state index contributed by atoms with van der Waals surface area (Å²) in [4.78, 5) is 33.0. The summed E-state index contributed by atoms with van der Waals surface area (Å²) in [5, 5.41) is 9.99. The van der Waals surface area contributed by atoms with Gasteiger partial charge in [-0.3, -0.25) is 9.59 Å². The van der Waals surface area contributed by atoms with E-state index >= 15 is 0 Å². The molecule has 0 saturated heterocycles. The number of H-pyrrole nitrogens is 1. The highest BCUT2D eigenvalue weighted by atomic mass is 16.3. The fourth-order valence-electron chi connectivity index (χ4n) is 2.66. The lowest BCUT2D eigenvalue weighted by atomic mass is 9.99. The predicted molar refractivity (Wildman–Crippen MR) is 82.2 cm³/mol. The number of benzene rings is 1. The second kappa shape index (κ2) is 5.38. The number of hydrogen-bond donors (Lipinski definition) is 2. The topological polar surface area (TPSA) is 86.3 Å². The van der Waals surface area contributed by atoms with Crippen molar-refractivity contribution < 1.29 is 9.90 Å². The van der Waals surface area contributed by atoms with Crippen LogP contribution < -0.4 is 10.5 Å². The third-order valence-electron chi connectivity index (χ3n) is 3.92. The fraction of sp³-hybridized carbons (Fsp3) is 0.312. The van der Waals surface area contributed by atoms with Gasteiger partial charge >= 0.3 is 0 Å². The molecule has 2 N–H and O–H groups in total. The van der Waals surface area contributed by atoms with E-state index in [4.69, 9.17) is 0 Å². The number of β-amino-alcohol motifs (C(OH)–C–C–N with tert-alkyl or cyclic N) is 1. The SMILES string of the molecule is Cc1nc(C(=O)N2CC(O)Cc3ccccc32)c(=O)[nH]c1C. The van der Waals surface area contributed by atoms with E-state index in [-0.39, 0.29) is 12.2 Å². The summed E-state index contributed by atoms with van der Waals surface area (Å²) in [7, 11) is 0. The van der Waals surface area contributed by atoms with Gasteiger partial charge < -0.3 is 15.0 Å². The van der Waals surface area contributed by atoms with Crippen LogP contribution in [0.1, 0.15) is 27.4 Å². The van der Waals surface area contributed by atoms with E-state index in [2.05, 4.69) is 9.97 Å². The molecule has 1 amide bonds. The zero-order chi connectivity index (χ0) is 15.9. The number of carbonyl (C=O) groups excluding carboxylic acids is 1. The molecule has 114 valence electrons. The second-order valence-electron chi connectivity index (χ2n) is 5.53. The van der Waals surface area contributed by atoms with Crippen molar-refractivity contribution in [2.45, 2.75) is 26.4 Å². The molecule has 1 atom stereocenters. The number of anilines is 1. The Morgan fingerprint density at radius 1 is 1.36 bits per heavy atom. The second-order valence-corrected chi connectivity index (χ2v) is 5.53. The first-order valence-electron chi connectivity index (χ1n) is 7.12. The summed E-state index contributed by atoms with van der Waals surface area (Å²) in [5.41, 5.74) is 2.19. The summed E-state index contributed by atoms with van der Waals surface area (Å²) in [6.07, 6.45) is -0.152. The lowest BCUT2D eigenvalue weighted by Gasteiger charge is -2.32. The van der Waals surface area contributed by atoms with Crippen LogP contribution in [0.2, 0.25) is 0 Å². The zero-order valence-electron chi connectivity index (χ0n) is 12.5. The average molecular weight is 299 g/mol. The van der Waals surface area contributed by atoms with Gasteiger partial charge in [0.25, 0.3) is 11.5 Å². The number of aromatic nitrogens is 2. The summed E-state index contributed by atoms with van der Waals surface area (Å²) < 4.78 is 0. The molecule has 1 aromatic heterocycles. The minimum atomic E-state index is -0.649. The molecular weight excluding hydrogens is 282 g/mol. The van der Waals surface area contributed by atoms with Crippen molar-refractivity contribution in [3.05, 3.63) is 57.3 Å². The van der Waals surface area contributed by atoms with E-state index in [1.807, 2.05) is 24.3 Å². The van der Waals surface area contributed by atoms with Crippen molar-refractivity contribution in [3.8, 4) is 0 Å². The fourth-order valence-corrected chi connectivity index (χ4v) is 2.66. The van der Waals surface area contributed by atoms with Gasteiger partial charge in [0.1, 0.15) is 0 Å². The minimum absolute atomic E-state index is 0.146. The Kier molecular flexibility index (Phi) is 3.54. The van der Waals surface area contributed by atoms with Crippen molar-refractivity contribution in [1.82, 2.24) is 9.97 Å². The highest BCUT2D eigenvalue weighted by molar-refractivity contribution is 6.05. The van der Waals surface area contributed by atoms with Gasteiger partial charge in [-0.15, -0.1) is 0 Å². The van der Waals surface area contributed by atoms with Crippen LogP contribution in [0.4, 0.5) is 5.69 Å². The minimum Gasteiger partial charge on any atom is -0.391 e. The monoisotopic (exact) mass is 299 g/mol. The highest BCUT2D eigenvalue weighted by Gasteiger charge is 2.30. The normalized spacial score (nSPS) is 17.2. The van der Waals surface area contributed by atoms with E-state index < -0.39 is 17.6 Å². The lowest BCUT2D eigenvalue weighted by Crippen LogP contribution is -2.44. The van der Waals surface area contributed by atoms with Gasteiger partial charge in [0, 0.05) is 17.8 Å². The smallest absolute Gasteiger partial charge is 0.282 e.